The Hall–Kier alpha value is -2.75. The number of carboxylic acids is 1. The molecule has 1 aromatic heterocycles. The second-order valence-corrected chi connectivity index (χ2v) is 8.53. The van der Waals surface area contributed by atoms with Crippen molar-refractivity contribution in [2.45, 2.75) is 11.8 Å². The largest absolute Gasteiger partial charge is 0.478 e. The SMILES string of the molecule is CSc1ncc(-c2cc(C(=O)O)ccc2-c2ccccc2)c(COS(C)(=O)=O)n1. The lowest BCUT2D eigenvalue weighted by Gasteiger charge is -2.15. The van der Waals surface area contributed by atoms with E-state index in [1.54, 1.807) is 18.5 Å². The fourth-order valence-electron chi connectivity index (χ4n) is 2.76. The summed E-state index contributed by atoms with van der Waals surface area (Å²) in [5.74, 6) is -1.07. The molecule has 9 heteroatoms. The van der Waals surface area contributed by atoms with Crippen LogP contribution in [0.4, 0.5) is 0 Å². The van der Waals surface area contributed by atoms with Crippen molar-refractivity contribution >= 4 is 27.8 Å². The van der Waals surface area contributed by atoms with Crippen molar-refractivity contribution in [1.82, 2.24) is 9.97 Å². The van der Waals surface area contributed by atoms with Crippen LogP contribution in [-0.2, 0) is 20.9 Å². The summed E-state index contributed by atoms with van der Waals surface area (Å²) in [6, 6.07) is 14.2. The molecule has 0 spiro atoms. The Kier molecular flexibility index (Phi) is 6.31. The van der Waals surface area contributed by atoms with Gasteiger partial charge in [0.1, 0.15) is 6.61 Å². The molecule has 7 nitrogen and oxygen atoms in total. The number of rotatable bonds is 7. The lowest BCUT2D eigenvalue weighted by atomic mass is 9.92. The standard InChI is InChI=1S/C20H18N2O5S2/c1-28-20-21-11-17(18(22-20)12-27-29(2,25)26)16-10-14(19(23)24)8-9-15(16)13-6-4-3-5-7-13/h3-11H,12H2,1-2H3,(H,23,24). The molecule has 3 aromatic rings. The van der Waals surface area contributed by atoms with Crippen LogP contribution in [0.2, 0.25) is 0 Å². The Labute approximate surface area is 172 Å². The van der Waals surface area contributed by atoms with Gasteiger partial charge in [-0.3, -0.25) is 4.18 Å². The van der Waals surface area contributed by atoms with Gasteiger partial charge in [-0.25, -0.2) is 14.8 Å². The van der Waals surface area contributed by atoms with Gasteiger partial charge in [0.2, 0.25) is 0 Å². The third-order valence-electron chi connectivity index (χ3n) is 4.08. The van der Waals surface area contributed by atoms with Crippen LogP contribution in [0.15, 0.2) is 59.9 Å². The number of aromatic carboxylic acids is 1. The van der Waals surface area contributed by atoms with E-state index in [1.165, 1.54) is 23.9 Å². The summed E-state index contributed by atoms with van der Waals surface area (Å²) in [4.78, 5) is 20.2. The van der Waals surface area contributed by atoms with E-state index in [1.807, 2.05) is 30.3 Å². The van der Waals surface area contributed by atoms with Gasteiger partial charge < -0.3 is 5.11 Å². The first kappa shape index (κ1) is 21.0. The average molecular weight is 431 g/mol. The molecule has 0 unspecified atom stereocenters. The van der Waals surface area contributed by atoms with Gasteiger partial charge in [0.05, 0.1) is 17.5 Å². The monoisotopic (exact) mass is 430 g/mol. The predicted molar refractivity (Wildman–Crippen MR) is 111 cm³/mol. The van der Waals surface area contributed by atoms with Crippen LogP contribution in [0.25, 0.3) is 22.3 Å². The normalized spacial score (nSPS) is 11.4. The van der Waals surface area contributed by atoms with E-state index in [2.05, 4.69) is 9.97 Å². The van der Waals surface area contributed by atoms with Gasteiger partial charge in [-0.05, 0) is 35.1 Å². The third kappa shape index (κ3) is 5.20. The zero-order valence-electron chi connectivity index (χ0n) is 15.7. The summed E-state index contributed by atoms with van der Waals surface area (Å²) in [5.41, 5.74) is 3.20. The van der Waals surface area contributed by atoms with Gasteiger partial charge >= 0.3 is 5.97 Å². The summed E-state index contributed by atoms with van der Waals surface area (Å²) in [5, 5.41) is 9.90. The highest BCUT2D eigenvalue weighted by Crippen LogP contribution is 2.35. The molecule has 0 fully saturated rings. The molecule has 0 aliphatic rings. The van der Waals surface area contributed by atoms with Gasteiger partial charge in [-0.1, -0.05) is 48.2 Å². The minimum Gasteiger partial charge on any atom is -0.478 e. The first-order valence-electron chi connectivity index (χ1n) is 8.46. The van der Waals surface area contributed by atoms with Crippen molar-refractivity contribution in [3.63, 3.8) is 0 Å². The summed E-state index contributed by atoms with van der Waals surface area (Å²) < 4.78 is 27.9. The molecule has 0 aliphatic heterocycles. The number of hydrogen-bond donors (Lipinski definition) is 1. The van der Waals surface area contributed by atoms with Crippen LogP contribution in [0.1, 0.15) is 16.1 Å². The topological polar surface area (TPSA) is 106 Å². The Bertz CT molecular complexity index is 1150. The van der Waals surface area contributed by atoms with Gasteiger partial charge in [0, 0.05) is 11.8 Å². The van der Waals surface area contributed by atoms with E-state index in [9.17, 15) is 18.3 Å². The molecule has 2 aromatic carbocycles. The lowest BCUT2D eigenvalue weighted by molar-refractivity contribution is 0.0697. The second kappa shape index (κ2) is 8.73. The van der Waals surface area contributed by atoms with E-state index in [0.29, 0.717) is 22.0 Å². The predicted octanol–water partition coefficient (Wildman–Crippen LogP) is 3.71. The Balaban J connectivity index is 2.22. The molecule has 0 saturated heterocycles. The van der Waals surface area contributed by atoms with Crippen LogP contribution >= 0.6 is 11.8 Å². The fraction of sp³-hybridized carbons (Fsp3) is 0.150. The number of carbonyl (C=O) groups is 1. The number of thioether (sulfide) groups is 1. The summed E-state index contributed by atoms with van der Waals surface area (Å²) in [6.07, 6.45) is 4.33. The van der Waals surface area contributed by atoms with Gasteiger partial charge in [-0.2, -0.15) is 8.42 Å². The summed E-state index contributed by atoms with van der Waals surface area (Å²) >= 11 is 1.31. The van der Waals surface area contributed by atoms with Crippen molar-refractivity contribution in [3.8, 4) is 22.3 Å². The maximum absolute atomic E-state index is 11.5. The van der Waals surface area contributed by atoms with Crippen LogP contribution in [0, 0.1) is 0 Å². The molecule has 0 amide bonds. The van der Waals surface area contributed by atoms with E-state index in [-0.39, 0.29) is 12.2 Å². The molecule has 0 bridgehead atoms. The van der Waals surface area contributed by atoms with Crippen molar-refractivity contribution in [1.29, 1.82) is 0 Å². The van der Waals surface area contributed by atoms with E-state index in [4.69, 9.17) is 4.18 Å². The number of nitrogens with zero attached hydrogens (tertiary/aromatic N) is 2. The molecular formula is C20H18N2O5S2. The second-order valence-electron chi connectivity index (χ2n) is 6.11. The maximum Gasteiger partial charge on any atom is 0.335 e. The third-order valence-corrected chi connectivity index (χ3v) is 5.19. The smallest absolute Gasteiger partial charge is 0.335 e. The highest BCUT2D eigenvalue weighted by Gasteiger charge is 2.18. The highest BCUT2D eigenvalue weighted by molar-refractivity contribution is 7.98. The molecule has 0 radical (unpaired) electrons. The highest BCUT2D eigenvalue weighted by atomic mass is 32.2. The minimum atomic E-state index is -3.69. The molecule has 0 saturated carbocycles. The summed E-state index contributed by atoms with van der Waals surface area (Å²) in [7, 11) is -3.69. The first-order chi connectivity index (χ1) is 13.8. The lowest BCUT2D eigenvalue weighted by Crippen LogP contribution is -2.07. The van der Waals surface area contributed by atoms with E-state index >= 15 is 0 Å². The molecular weight excluding hydrogens is 412 g/mol. The van der Waals surface area contributed by atoms with Crippen LogP contribution < -0.4 is 0 Å². The quantitative estimate of drug-likeness (QED) is 0.343. The molecule has 29 heavy (non-hydrogen) atoms. The number of hydrogen-bond acceptors (Lipinski definition) is 7. The molecule has 1 heterocycles. The first-order valence-corrected chi connectivity index (χ1v) is 11.5. The fourth-order valence-corrected chi connectivity index (χ4v) is 3.45. The van der Waals surface area contributed by atoms with Crippen LogP contribution in [-0.4, -0.2) is 42.0 Å². The molecule has 3 rings (SSSR count). The minimum absolute atomic E-state index is 0.101. The van der Waals surface area contributed by atoms with Crippen LogP contribution in [0.5, 0.6) is 0 Å². The Morgan fingerprint density at radius 3 is 2.45 bits per heavy atom. The van der Waals surface area contributed by atoms with E-state index < -0.39 is 16.1 Å². The van der Waals surface area contributed by atoms with Crippen molar-refractivity contribution in [2.75, 3.05) is 12.5 Å². The number of aromatic nitrogens is 2. The number of carboxylic acid groups (broad SMARTS) is 1. The van der Waals surface area contributed by atoms with Crippen molar-refractivity contribution in [2.24, 2.45) is 0 Å². The van der Waals surface area contributed by atoms with Crippen molar-refractivity contribution in [3.05, 3.63) is 66.0 Å². The van der Waals surface area contributed by atoms with E-state index in [0.717, 1.165) is 17.4 Å². The molecule has 1 N–H and O–H groups in total. The average Bonchev–Trinajstić information content (AvgIpc) is 2.71. The van der Waals surface area contributed by atoms with Crippen LogP contribution in [0.3, 0.4) is 0 Å². The zero-order chi connectivity index (χ0) is 21.0. The Morgan fingerprint density at radius 1 is 1.10 bits per heavy atom. The number of benzene rings is 2. The van der Waals surface area contributed by atoms with Gasteiger partial charge in [0.25, 0.3) is 10.1 Å². The van der Waals surface area contributed by atoms with Gasteiger partial charge in [-0.15, -0.1) is 0 Å². The molecule has 0 aliphatic carbocycles. The zero-order valence-corrected chi connectivity index (χ0v) is 17.3. The molecule has 150 valence electrons. The maximum atomic E-state index is 11.5. The van der Waals surface area contributed by atoms with Crippen molar-refractivity contribution < 1.29 is 22.5 Å². The van der Waals surface area contributed by atoms with Gasteiger partial charge in [0.15, 0.2) is 5.16 Å². The Morgan fingerprint density at radius 2 is 1.83 bits per heavy atom. The summed E-state index contributed by atoms with van der Waals surface area (Å²) in [6.45, 7) is -0.282. The molecule has 0 atom stereocenters.